The molecule has 9 nitrogen and oxygen atoms in total. The zero-order valence-corrected chi connectivity index (χ0v) is 12.3. The summed E-state index contributed by atoms with van der Waals surface area (Å²) in [6.45, 7) is 4.00. The molecule has 1 aromatic rings. The van der Waals surface area contributed by atoms with Gasteiger partial charge in [-0.25, -0.2) is 4.79 Å². The number of urea groups is 1. The molecule has 2 N–H and O–H groups in total. The predicted octanol–water partition coefficient (Wildman–Crippen LogP) is 0.145. The second-order valence-corrected chi connectivity index (χ2v) is 4.37. The van der Waals surface area contributed by atoms with Crippen molar-refractivity contribution in [1.29, 1.82) is 0 Å². The van der Waals surface area contributed by atoms with E-state index in [4.69, 9.17) is 0 Å². The van der Waals surface area contributed by atoms with Crippen molar-refractivity contribution in [2.24, 2.45) is 0 Å². The van der Waals surface area contributed by atoms with Crippen molar-refractivity contribution in [3.8, 4) is 0 Å². The third-order valence-electron chi connectivity index (χ3n) is 3.20. The maximum atomic E-state index is 12.2. The maximum absolute atomic E-state index is 12.2. The third-order valence-corrected chi connectivity index (χ3v) is 3.20. The average molecular weight is 319 g/mol. The van der Waals surface area contributed by atoms with Crippen LogP contribution in [0.5, 0.6) is 0 Å². The molecule has 1 atom stereocenters. The zero-order valence-electron chi connectivity index (χ0n) is 12.3. The summed E-state index contributed by atoms with van der Waals surface area (Å²) in [4.78, 5) is 59.4. The fraction of sp³-hybridized carbons (Fsp3) is 0.214. The lowest BCUT2D eigenvalue weighted by Crippen LogP contribution is -2.65. The molecule has 0 aliphatic carbocycles. The van der Waals surface area contributed by atoms with Crippen molar-refractivity contribution in [2.45, 2.75) is 19.9 Å². The Balaban J connectivity index is 0.000000924. The fourth-order valence-electron chi connectivity index (χ4n) is 2.22. The highest BCUT2D eigenvalue weighted by Gasteiger charge is 2.51. The van der Waals surface area contributed by atoms with Crippen molar-refractivity contribution < 1.29 is 29.2 Å². The number of carbonyl (C=O) groups excluding carboxylic acids is 5. The molecule has 0 aromatic heterocycles. The summed E-state index contributed by atoms with van der Waals surface area (Å²) in [6, 6.07) is 2.56. The molecule has 2 heterocycles. The van der Waals surface area contributed by atoms with Crippen LogP contribution in [0.3, 0.4) is 0 Å². The molecule has 9 heteroatoms. The van der Waals surface area contributed by atoms with Crippen molar-refractivity contribution in [3.05, 3.63) is 35.4 Å². The van der Waals surface area contributed by atoms with Crippen LogP contribution in [0.25, 0.3) is 0 Å². The Labute approximate surface area is 130 Å². The van der Waals surface area contributed by atoms with Crippen LogP contribution in [-0.4, -0.2) is 50.9 Å². The molecule has 0 saturated carbocycles. The minimum absolute atomic E-state index is 0.0458. The third kappa shape index (κ3) is 2.36. The lowest BCUT2D eigenvalue weighted by molar-refractivity contribution is -0.164. The second-order valence-electron chi connectivity index (χ2n) is 4.37. The van der Waals surface area contributed by atoms with E-state index in [1.54, 1.807) is 5.32 Å². The van der Waals surface area contributed by atoms with Gasteiger partial charge in [-0.3, -0.25) is 34.6 Å². The van der Waals surface area contributed by atoms with Gasteiger partial charge < -0.3 is 0 Å². The Morgan fingerprint density at radius 2 is 1.43 bits per heavy atom. The molecule has 2 aliphatic heterocycles. The largest absolute Gasteiger partial charge is 0.355 e. The maximum Gasteiger partial charge on any atom is 0.355 e. The number of hydrogen-bond acceptors (Lipinski definition) is 6. The molecule has 1 aromatic carbocycles. The first-order valence-corrected chi connectivity index (χ1v) is 6.78. The number of rotatable bonds is 1. The van der Waals surface area contributed by atoms with Gasteiger partial charge in [0.25, 0.3) is 23.6 Å². The molecule has 0 spiro atoms. The van der Waals surface area contributed by atoms with E-state index < -0.39 is 35.7 Å². The summed E-state index contributed by atoms with van der Waals surface area (Å²) in [7, 11) is 0. The fourth-order valence-corrected chi connectivity index (χ4v) is 2.22. The zero-order chi connectivity index (χ0) is 17.3. The van der Waals surface area contributed by atoms with Gasteiger partial charge in [0.2, 0.25) is 6.04 Å². The van der Waals surface area contributed by atoms with Gasteiger partial charge >= 0.3 is 6.03 Å². The molecule has 0 radical (unpaired) electrons. The summed E-state index contributed by atoms with van der Waals surface area (Å²) >= 11 is 0. The van der Waals surface area contributed by atoms with Gasteiger partial charge in [0.15, 0.2) is 0 Å². The van der Waals surface area contributed by atoms with E-state index in [1.165, 1.54) is 24.3 Å². The van der Waals surface area contributed by atoms with Gasteiger partial charge in [-0.15, -0.1) is 5.06 Å². The lowest BCUT2D eigenvalue weighted by Gasteiger charge is -2.29. The van der Waals surface area contributed by atoms with Gasteiger partial charge in [0.1, 0.15) is 0 Å². The molecule has 23 heavy (non-hydrogen) atoms. The van der Waals surface area contributed by atoms with Crippen LogP contribution in [0, 0.1) is 0 Å². The van der Waals surface area contributed by atoms with E-state index in [1.807, 2.05) is 13.8 Å². The summed E-state index contributed by atoms with van der Waals surface area (Å²) in [5, 5.41) is 10.6. The summed E-state index contributed by atoms with van der Waals surface area (Å²) in [5.41, 5.74) is 0.0916. The topological polar surface area (TPSA) is 124 Å². The van der Waals surface area contributed by atoms with Crippen LogP contribution in [-0.2, 0) is 9.59 Å². The summed E-state index contributed by atoms with van der Waals surface area (Å²) < 4.78 is 0. The number of amides is 6. The summed E-state index contributed by atoms with van der Waals surface area (Å²) in [6.07, 6.45) is 0. The highest BCUT2D eigenvalue weighted by atomic mass is 16.5. The van der Waals surface area contributed by atoms with Gasteiger partial charge in [-0.2, -0.15) is 0 Å². The van der Waals surface area contributed by atoms with Crippen molar-refractivity contribution >= 4 is 29.7 Å². The smallest absolute Gasteiger partial charge is 0.277 e. The van der Waals surface area contributed by atoms with Crippen LogP contribution >= 0.6 is 0 Å². The first kappa shape index (κ1) is 16.3. The van der Waals surface area contributed by atoms with Crippen LogP contribution in [0.1, 0.15) is 34.6 Å². The number of nitrogens with zero attached hydrogens (tertiary/aromatic N) is 2. The minimum atomic E-state index is -1.92. The van der Waals surface area contributed by atoms with E-state index in [-0.39, 0.29) is 16.2 Å². The molecular weight excluding hydrogens is 306 g/mol. The number of hydroxylamine groups is 2. The SMILES string of the molecule is CC.O=C1NC(=O)N(O)C(=O)C1N1C(=O)c2ccccc2C1=O. The number of benzene rings is 1. The van der Waals surface area contributed by atoms with Gasteiger partial charge in [-0.1, -0.05) is 26.0 Å². The molecule has 120 valence electrons. The minimum Gasteiger partial charge on any atom is -0.277 e. The monoisotopic (exact) mass is 319 g/mol. The van der Waals surface area contributed by atoms with Crippen LogP contribution in [0.2, 0.25) is 0 Å². The summed E-state index contributed by atoms with van der Waals surface area (Å²) in [5.74, 6) is -4.19. The van der Waals surface area contributed by atoms with Gasteiger partial charge in [0.05, 0.1) is 11.1 Å². The molecule has 1 unspecified atom stereocenters. The van der Waals surface area contributed by atoms with E-state index in [2.05, 4.69) is 0 Å². The standard InChI is InChI=1S/C12H7N3O6.C2H6/c16-8-7(11(19)15(21)12(20)13-8)14-9(17)5-3-1-2-4-6(5)10(14)18;1-2/h1-4,7,21H,(H,13,16,20);1-2H3. The van der Waals surface area contributed by atoms with Crippen molar-refractivity contribution in [1.82, 2.24) is 15.3 Å². The molecule has 1 fully saturated rings. The first-order valence-electron chi connectivity index (χ1n) is 6.78. The predicted molar refractivity (Wildman–Crippen MR) is 74.2 cm³/mol. The van der Waals surface area contributed by atoms with E-state index in [9.17, 15) is 29.2 Å². The number of nitrogens with one attached hydrogen (secondary N) is 1. The van der Waals surface area contributed by atoms with Gasteiger partial charge in [-0.05, 0) is 12.1 Å². The van der Waals surface area contributed by atoms with Crippen molar-refractivity contribution in [2.75, 3.05) is 0 Å². The molecule has 1 saturated heterocycles. The van der Waals surface area contributed by atoms with Crippen LogP contribution in [0.4, 0.5) is 4.79 Å². The highest BCUT2D eigenvalue weighted by molar-refractivity contribution is 6.28. The Morgan fingerprint density at radius 3 is 1.91 bits per heavy atom. The number of fused-ring (bicyclic) bond motifs is 1. The highest BCUT2D eigenvalue weighted by Crippen LogP contribution is 2.26. The van der Waals surface area contributed by atoms with Crippen molar-refractivity contribution in [3.63, 3.8) is 0 Å². The van der Waals surface area contributed by atoms with E-state index in [0.717, 1.165) is 0 Å². The Bertz CT molecular complexity index is 694. The molecular formula is C14H13N3O6. The number of imide groups is 3. The van der Waals surface area contributed by atoms with Gasteiger partial charge in [0, 0.05) is 0 Å². The number of barbiturate groups is 1. The van der Waals surface area contributed by atoms with E-state index >= 15 is 0 Å². The van der Waals surface area contributed by atoms with Crippen LogP contribution < -0.4 is 5.32 Å². The second kappa shape index (κ2) is 5.97. The Hall–Kier alpha value is -3.07. The van der Waals surface area contributed by atoms with Crippen LogP contribution in [0.15, 0.2) is 24.3 Å². The average Bonchev–Trinajstić information content (AvgIpc) is 2.80. The molecule has 2 aliphatic rings. The normalized spacial score (nSPS) is 20.1. The lowest BCUT2D eigenvalue weighted by atomic mass is 10.1. The quantitative estimate of drug-likeness (QED) is 0.431. The number of carbonyl (C=O) groups is 5. The van der Waals surface area contributed by atoms with E-state index in [0.29, 0.717) is 4.90 Å². The first-order chi connectivity index (χ1) is 10.9. The molecule has 3 rings (SSSR count). The number of hydrogen-bond donors (Lipinski definition) is 2. The molecule has 6 amide bonds. The Morgan fingerprint density at radius 1 is 0.957 bits per heavy atom. The Kier molecular flexibility index (Phi) is 4.23. The molecule has 0 bridgehead atoms.